The van der Waals surface area contributed by atoms with Crippen LogP contribution in [-0.2, 0) is 25.8 Å². The molecule has 1 atom stereocenters. The highest BCUT2D eigenvalue weighted by molar-refractivity contribution is 7.92. The average molecular weight is 479 g/mol. The van der Waals surface area contributed by atoms with Gasteiger partial charge in [0.15, 0.2) is 16.4 Å². The van der Waals surface area contributed by atoms with E-state index in [1.165, 1.54) is 12.1 Å². The fraction of sp³-hybridized carbons (Fsp3) is 0.231. The lowest BCUT2D eigenvalue weighted by molar-refractivity contribution is -0.118. The molecular formula is C26H26N2O5S. The zero-order valence-corrected chi connectivity index (χ0v) is 19.8. The zero-order chi connectivity index (χ0) is 24.3. The highest BCUT2D eigenvalue weighted by atomic mass is 32.2. The van der Waals surface area contributed by atoms with Gasteiger partial charge in [-0.1, -0.05) is 48.0 Å². The topological polar surface area (TPSA) is 92.8 Å². The Morgan fingerprint density at radius 3 is 2.44 bits per heavy atom. The number of para-hydroxylation sites is 2. The molecule has 0 unspecified atom stereocenters. The Labute approximate surface area is 199 Å². The molecular weight excluding hydrogens is 452 g/mol. The van der Waals surface area contributed by atoms with Crippen LogP contribution in [0.3, 0.4) is 0 Å². The number of sulfone groups is 1. The first-order valence-electron chi connectivity index (χ1n) is 11.0. The van der Waals surface area contributed by atoms with E-state index in [1.807, 2.05) is 50.2 Å². The summed E-state index contributed by atoms with van der Waals surface area (Å²) in [7, 11) is -4.02. The summed E-state index contributed by atoms with van der Waals surface area (Å²) >= 11 is 0. The molecule has 3 aromatic carbocycles. The van der Waals surface area contributed by atoms with Crippen molar-refractivity contribution in [3.05, 3.63) is 83.9 Å². The van der Waals surface area contributed by atoms with Crippen LogP contribution in [0.15, 0.2) is 77.7 Å². The third-order valence-corrected chi connectivity index (χ3v) is 7.33. The number of aryl methyl sites for hydroxylation is 1. The van der Waals surface area contributed by atoms with Crippen LogP contribution in [0, 0.1) is 6.92 Å². The van der Waals surface area contributed by atoms with Crippen molar-refractivity contribution in [3.8, 4) is 5.75 Å². The first-order valence-corrected chi connectivity index (χ1v) is 12.6. The average Bonchev–Trinajstić information content (AvgIpc) is 3.14. The van der Waals surface area contributed by atoms with Crippen molar-refractivity contribution >= 4 is 33.0 Å². The van der Waals surface area contributed by atoms with Crippen molar-refractivity contribution in [2.45, 2.75) is 31.2 Å². The Kier molecular flexibility index (Phi) is 6.70. The van der Waals surface area contributed by atoms with E-state index in [0.29, 0.717) is 12.2 Å². The SMILES string of the molecule is Cc1ccc(OCC(=O)Nc2ccccc2S(=O)(=O)CC(=O)N2c3ccccc3C[C@@H]2C)cc1. The van der Waals surface area contributed by atoms with Crippen molar-refractivity contribution in [1.29, 1.82) is 0 Å². The molecule has 1 aliphatic heterocycles. The Morgan fingerprint density at radius 1 is 1.00 bits per heavy atom. The largest absolute Gasteiger partial charge is 0.484 e. The molecule has 0 aliphatic carbocycles. The molecule has 0 bridgehead atoms. The van der Waals surface area contributed by atoms with Crippen LogP contribution in [-0.4, -0.2) is 38.6 Å². The summed E-state index contributed by atoms with van der Waals surface area (Å²) < 4.78 is 31.9. The van der Waals surface area contributed by atoms with Gasteiger partial charge in [-0.15, -0.1) is 0 Å². The highest BCUT2D eigenvalue weighted by Gasteiger charge is 2.34. The maximum absolute atomic E-state index is 13.2. The van der Waals surface area contributed by atoms with Gasteiger partial charge < -0.3 is 15.0 Å². The number of rotatable bonds is 7. The maximum Gasteiger partial charge on any atom is 0.262 e. The highest BCUT2D eigenvalue weighted by Crippen LogP contribution is 2.32. The zero-order valence-electron chi connectivity index (χ0n) is 19.0. The normalized spacial score (nSPS) is 15.0. The molecule has 1 aliphatic rings. The second-order valence-corrected chi connectivity index (χ2v) is 10.3. The van der Waals surface area contributed by atoms with E-state index in [0.717, 1.165) is 16.8 Å². The van der Waals surface area contributed by atoms with Crippen molar-refractivity contribution in [2.75, 3.05) is 22.6 Å². The molecule has 1 N–H and O–H groups in total. The number of hydrogen-bond acceptors (Lipinski definition) is 5. The number of hydrogen-bond donors (Lipinski definition) is 1. The predicted octanol–water partition coefficient (Wildman–Crippen LogP) is 3.76. The maximum atomic E-state index is 13.2. The van der Waals surface area contributed by atoms with E-state index in [2.05, 4.69) is 5.32 Å². The fourth-order valence-electron chi connectivity index (χ4n) is 4.07. The van der Waals surface area contributed by atoms with Crippen LogP contribution in [0.25, 0.3) is 0 Å². The van der Waals surface area contributed by atoms with E-state index < -0.39 is 27.4 Å². The monoisotopic (exact) mass is 478 g/mol. The minimum atomic E-state index is -4.02. The molecule has 0 radical (unpaired) electrons. The first kappa shape index (κ1) is 23.5. The number of carbonyl (C=O) groups excluding carboxylic acids is 2. The standard InChI is InChI=1S/C26H26N2O5S/c1-18-11-13-21(14-12-18)33-16-25(29)27-22-8-4-6-10-24(22)34(31,32)17-26(30)28-19(2)15-20-7-3-5-9-23(20)28/h3-14,19H,15-17H2,1-2H3,(H,27,29)/t19-/m0/s1. The molecule has 176 valence electrons. The molecule has 34 heavy (non-hydrogen) atoms. The van der Waals surface area contributed by atoms with Crippen LogP contribution in [0.4, 0.5) is 11.4 Å². The van der Waals surface area contributed by atoms with E-state index in [1.54, 1.807) is 29.2 Å². The summed E-state index contributed by atoms with van der Waals surface area (Å²) in [4.78, 5) is 26.9. The molecule has 7 nitrogen and oxygen atoms in total. The Bertz CT molecular complexity index is 1320. The summed E-state index contributed by atoms with van der Waals surface area (Å²) in [5, 5.41) is 2.60. The van der Waals surface area contributed by atoms with Gasteiger partial charge in [0.25, 0.3) is 5.91 Å². The summed E-state index contributed by atoms with van der Waals surface area (Å²) in [5.41, 5.74) is 2.94. The van der Waals surface area contributed by atoms with Gasteiger partial charge in [0, 0.05) is 11.7 Å². The summed E-state index contributed by atoms with van der Waals surface area (Å²) in [5.74, 6) is -1.16. The van der Waals surface area contributed by atoms with Gasteiger partial charge >= 0.3 is 0 Å². The smallest absolute Gasteiger partial charge is 0.262 e. The van der Waals surface area contributed by atoms with Crippen LogP contribution in [0.1, 0.15) is 18.1 Å². The van der Waals surface area contributed by atoms with Crippen LogP contribution < -0.4 is 15.0 Å². The number of anilines is 2. The van der Waals surface area contributed by atoms with Crippen molar-refractivity contribution < 1.29 is 22.7 Å². The number of nitrogens with one attached hydrogen (secondary N) is 1. The van der Waals surface area contributed by atoms with Gasteiger partial charge in [-0.25, -0.2) is 8.42 Å². The summed E-state index contributed by atoms with van der Waals surface area (Å²) in [6, 6.07) is 20.7. The Morgan fingerprint density at radius 2 is 1.68 bits per heavy atom. The molecule has 1 heterocycles. The third kappa shape index (κ3) is 5.12. The number of benzene rings is 3. The molecule has 2 amide bonds. The summed E-state index contributed by atoms with van der Waals surface area (Å²) in [6.45, 7) is 3.56. The fourth-order valence-corrected chi connectivity index (χ4v) is 5.43. The van der Waals surface area contributed by atoms with Gasteiger partial charge in [0.2, 0.25) is 5.91 Å². The second kappa shape index (κ2) is 9.69. The van der Waals surface area contributed by atoms with Crippen molar-refractivity contribution in [2.24, 2.45) is 0 Å². The predicted molar refractivity (Wildman–Crippen MR) is 131 cm³/mol. The third-order valence-electron chi connectivity index (χ3n) is 5.68. The molecule has 0 saturated heterocycles. The molecule has 0 saturated carbocycles. The van der Waals surface area contributed by atoms with Crippen LogP contribution in [0.2, 0.25) is 0 Å². The number of carbonyl (C=O) groups is 2. The lowest BCUT2D eigenvalue weighted by atomic mass is 10.1. The van der Waals surface area contributed by atoms with E-state index in [9.17, 15) is 18.0 Å². The van der Waals surface area contributed by atoms with Gasteiger partial charge in [-0.3, -0.25) is 9.59 Å². The van der Waals surface area contributed by atoms with Crippen molar-refractivity contribution in [3.63, 3.8) is 0 Å². The van der Waals surface area contributed by atoms with Crippen LogP contribution in [0.5, 0.6) is 5.75 Å². The molecule has 4 rings (SSSR count). The summed E-state index contributed by atoms with van der Waals surface area (Å²) in [6.07, 6.45) is 0.676. The lowest BCUT2D eigenvalue weighted by Crippen LogP contribution is -2.39. The quantitative estimate of drug-likeness (QED) is 0.558. The molecule has 3 aromatic rings. The van der Waals surface area contributed by atoms with E-state index >= 15 is 0 Å². The van der Waals surface area contributed by atoms with E-state index in [4.69, 9.17) is 4.74 Å². The first-order chi connectivity index (χ1) is 16.2. The Balaban J connectivity index is 1.47. The second-order valence-electron chi connectivity index (χ2n) is 8.35. The Hall–Kier alpha value is -3.65. The number of fused-ring (bicyclic) bond motifs is 1. The van der Waals surface area contributed by atoms with Gasteiger partial charge in [-0.2, -0.15) is 0 Å². The van der Waals surface area contributed by atoms with Gasteiger partial charge in [0.1, 0.15) is 11.5 Å². The number of amides is 2. The molecule has 0 fully saturated rings. The molecule has 0 spiro atoms. The minimum Gasteiger partial charge on any atom is -0.484 e. The van der Waals surface area contributed by atoms with E-state index in [-0.39, 0.29) is 23.2 Å². The molecule has 0 aromatic heterocycles. The van der Waals surface area contributed by atoms with Gasteiger partial charge in [-0.05, 0) is 56.2 Å². The van der Waals surface area contributed by atoms with Crippen molar-refractivity contribution in [1.82, 2.24) is 0 Å². The van der Waals surface area contributed by atoms with Crippen LogP contribution >= 0.6 is 0 Å². The van der Waals surface area contributed by atoms with Gasteiger partial charge in [0.05, 0.1) is 10.6 Å². The number of nitrogens with zero attached hydrogens (tertiary/aromatic N) is 1. The number of ether oxygens (including phenoxy) is 1. The molecule has 8 heteroatoms. The lowest BCUT2D eigenvalue weighted by Gasteiger charge is -2.23. The minimum absolute atomic E-state index is 0.104.